The van der Waals surface area contributed by atoms with Gasteiger partial charge in [-0.1, -0.05) is 12.1 Å². The Morgan fingerprint density at radius 1 is 1.19 bits per heavy atom. The number of aromatic amines is 1. The molecule has 1 fully saturated rings. The summed E-state index contributed by atoms with van der Waals surface area (Å²) in [4.78, 5) is 18.9. The summed E-state index contributed by atoms with van der Waals surface area (Å²) in [6, 6.07) is 11.0. The number of carbonyl (C=O) groups excluding carboxylic acids is 1. The minimum atomic E-state index is -0.122. The summed E-state index contributed by atoms with van der Waals surface area (Å²) in [6.45, 7) is 1.19. The molecule has 4 rings (SSSR count). The monoisotopic (exact) mass is 353 g/mol. The Balaban J connectivity index is 1.48. The molecule has 8 nitrogen and oxygen atoms in total. The molecule has 0 bridgehead atoms. The molecule has 1 atom stereocenters. The maximum Gasteiger partial charge on any atom is 0.272 e. The van der Waals surface area contributed by atoms with Crippen molar-refractivity contribution < 1.29 is 14.3 Å². The van der Waals surface area contributed by atoms with Crippen LogP contribution in [0.5, 0.6) is 11.5 Å². The minimum absolute atomic E-state index is 0.0835. The first kappa shape index (κ1) is 16.3. The Morgan fingerprint density at radius 2 is 2.04 bits per heavy atom. The summed E-state index contributed by atoms with van der Waals surface area (Å²) in [6.07, 6.45) is 1.68. The number of fused-ring (bicyclic) bond motifs is 1. The number of methoxy groups -OCH3 is 1. The molecule has 8 heteroatoms. The highest BCUT2D eigenvalue weighted by atomic mass is 16.5. The van der Waals surface area contributed by atoms with E-state index in [-0.39, 0.29) is 12.0 Å². The number of rotatable bonds is 4. The highest BCUT2D eigenvalue weighted by Crippen LogP contribution is 2.28. The molecular formula is C18H19N5O3. The van der Waals surface area contributed by atoms with Gasteiger partial charge in [-0.05, 0) is 37.1 Å². The highest BCUT2D eigenvalue weighted by molar-refractivity contribution is 5.94. The normalized spacial score (nSPS) is 17.3. The number of amides is 1. The molecule has 1 saturated heterocycles. The van der Waals surface area contributed by atoms with Crippen molar-refractivity contribution in [3.05, 3.63) is 42.1 Å². The van der Waals surface area contributed by atoms with E-state index in [1.165, 1.54) is 0 Å². The van der Waals surface area contributed by atoms with E-state index >= 15 is 0 Å². The molecule has 2 aromatic heterocycles. The molecule has 1 N–H and O–H groups in total. The van der Waals surface area contributed by atoms with Crippen molar-refractivity contribution in [2.75, 3.05) is 20.2 Å². The van der Waals surface area contributed by atoms with Crippen LogP contribution in [-0.4, -0.2) is 57.5 Å². The van der Waals surface area contributed by atoms with E-state index in [9.17, 15) is 4.79 Å². The van der Waals surface area contributed by atoms with Crippen molar-refractivity contribution in [2.24, 2.45) is 0 Å². The molecular weight excluding hydrogens is 334 g/mol. The summed E-state index contributed by atoms with van der Waals surface area (Å²) < 4.78 is 11.4. The third-order valence-electron chi connectivity index (χ3n) is 4.43. The molecule has 3 aromatic rings. The Hall–Kier alpha value is -3.16. The van der Waals surface area contributed by atoms with Crippen LogP contribution in [-0.2, 0) is 0 Å². The van der Waals surface area contributed by atoms with Gasteiger partial charge >= 0.3 is 0 Å². The molecule has 1 aromatic carbocycles. The fraction of sp³-hybridized carbons (Fsp3) is 0.333. The average Bonchev–Trinajstić information content (AvgIpc) is 3.16. The van der Waals surface area contributed by atoms with Crippen LogP contribution in [0.2, 0.25) is 0 Å². The Morgan fingerprint density at radius 3 is 2.88 bits per heavy atom. The summed E-state index contributed by atoms with van der Waals surface area (Å²) >= 11 is 0. The number of piperidine rings is 1. The van der Waals surface area contributed by atoms with Gasteiger partial charge in [-0.3, -0.25) is 4.79 Å². The molecule has 0 saturated carbocycles. The average molecular weight is 353 g/mol. The molecule has 26 heavy (non-hydrogen) atoms. The van der Waals surface area contributed by atoms with Gasteiger partial charge in [-0.25, -0.2) is 4.98 Å². The lowest BCUT2D eigenvalue weighted by Gasteiger charge is -2.33. The molecule has 0 aliphatic carbocycles. The number of para-hydroxylation sites is 2. The summed E-state index contributed by atoms with van der Waals surface area (Å²) in [7, 11) is 1.62. The second-order valence-electron chi connectivity index (χ2n) is 6.15. The molecule has 1 aliphatic heterocycles. The van der Waals surface area contributed by atoms with Crippen molar-refractivity contribution in [1.29, 1.82) is 0 Å². The zero-order chi connectivity index (χ0) is 17.9. The largest absolute Gasteiger partial charge is 0.493 e. The lowest BCUT2D eigenvalue weighted by molar-refractivity contribution is 0.0527. The van der Waals surface area contributed by atoms with Crippen molar-refractivity contribution in [1.82, 2.24) is 25.3 Å². The number of benzene rings is 1. The SMILES string of the molecule is COc1ccccc1O[C@H]1CCCN(C(=O)c2ccc3n[nH]nc3n2)C1. The standard InChI is InChI=1S/C18H19N5O3/c1-25-15-6-2-3-7-16(15)26-12-5-4-10-23(11-12)18(24)14-9-8-13-17(19-14)21-22-20-13/h2-3,6-9,12H,4-5,10-11H2,1H3,(H,19,20,21,22)/t12-/m0/s1. The molecule has 0 spiro atoms. The first-order valence-electron chi connectivity index (χ1n) is 8.51. The Bertz CT molecular complexity index is 926. The number of carbonyl (C=O) groups is 1. The van der Waals surface area contributed by atoms with E-state index in [1.807, 2.05) is 24.3 Å². The van der Waals surface area contributed by atoms with E-state index in [4.69, 9.17) is 9.47 Å². The van der Waals surface area contributed by atoms with Gasteiger partial charge in [0.2, 0.25) is 5.65 Å². The third-order valence-corrected chi connectivity index (χ3v) is 4.43. The summed E-state index contributed by atoms with van der Waals surface area (Å²) in [5, 5.41) is 10.4. The molecule has 0 radical (unpaired) electrons. The lowest BCUT2D eigenvalue weighted by atomic mass is 10.1. The van der Waals surface area contributed by atoms with Crippen LogP contribution >= 0.6 is 0 Å². The topological polar surface area (TPSA) is 93.2 Å². The Kier molecular flexibility index (Phi) is 4.39. The molecule has 1 aliphatic rings. The predicted octanol–water partition coefficient (Wildman–Crippen LogP) is 2.05. The van der Waals surface area contributed by atoms with Crippen LogP contribution < -0.4 is 9.47 Å². The maximum atomic E-state index is 12.8. The number of likely N-dealkylation sites (tertiary alicyclic amines) is 1. The number of hydrogen-bond acceptors (Lipinski definition) is 6. The van der Waals surface area contributed by atoms with Gasteiger partial charge in [-0.15, -0.1) is 5.10 Å². The number of ether oxygens (including phenoxy) is 2. The van der Waals surface area contributed by atoms with E-state index in [0.29, 0.717) is 41.4 Å². The molecule has 1 amide bonds. The van der Waals surface area contributed by atoms with E-state index in [2.05, 4.69) is 20.4 Å². The van der Waals surface area contributed by atoms with E-state index in [0.717, 1.165) is 12.8 Å². The van der Waals surface area contributed by atoms with Gasteiger partial charge in [0.15, 0.2) is 11.5 Å². The first-order chi connectivity index (χ1) is 12.7. The van der Waals surface area contributed by atoms with Crippen LogP contribution in [0.4, 0.5) is 0 Å². The van der Waals surface area contributed by atoms with Crippen LogP contribution in [0, 0.1) is 0 Å². The fourth-order valence-corrected chi connectivity index (χ4v) is 3.13. The van der Waals surface area contributed by atoms with Crippen molar-refractivity contribution in [3.63, 3.8) is 0 Å². The predicted molar refractivity (Wildman–Crippen MR) is 94.2 cm³/mol. The van der Waals surface area contributed by atoms with Gasteiger partial charge in [0.1, 0.15) is 17.3 Å². The van der Waals surface area contributed by atoms with Crippen molar-refractivity contribution >= 4 is 17.1 Å². The second-order valence-corrected chi connectivity index (χ2v) is 6.15. The zero-order valence-corrected chi connectivity index (χ0v) is 14.4. The van der Waals surface area contributed by atoms with Crippen LogP contribution in [0.1, 0.15) is 23.3 Å². The number of pyridine rings is 1. The quantitative estimate of drug-likeness (QED) is 0.771. The van der Waals surface area contributed by atoms with Gasteiger partial charge in [0, 0.05) is 6.54 Å². The smallest absolute Gasteiger partial charge is 0.272 e. The molecule has 3 heterocycles. The van der Waals surface area contributed by atoms with E-state index < -0.39 is 0 Å². The Labute approximate surface area is 150 Å². The first-order valence-corrected chi connectivity index (χ1v) is 8.51. The lowest BCUT2D eigenvalue weighted by Crippen LogP contribution is -2.44. The number of nitrogens with zero attached hydrogens (tertiary/aromatic N) is 4. The molecule has 134 valence electrons. The number of nitrogens with one attached hydrogen (secondary N) is 1. The van der Waals surface area contributed by atoms with Gasteiger partial charge in [0.25, 0.3) is 5.91 Å². The van der Waals surface area contributed by atoms with Crippen molar-refractivity contribution in [2.45, 2.75) is 18.9 Å². The van der Waals surface area contributed by atoms with Crippen LogP contribution in [0.25, 0.3) is 11.2 Å². The van der Waals surface area contributed by atoms with Gasteiger partial charge in [-0.2, -0.15) is 10.3 Å². The summed E-state index contributed by atoms with van der Waals surface area (Å²) in [5.74, 6) is 1.26. The fourth-order valence-electron chi connectivity index (χ4n) is 3.13. The van der Waals surface area contributed by atoms with Crippen LogP contribution in [0.15, 0.2) is 36.4 Å². The van der Waals surface area contributed by atoms with Gasteiger partial charge < -0.3 is 14.4 Å². The number of aromatic nitrogens is 4. The zero-order valence-electron chi connectivity index (χ0n) is 14.4. The third kappa shape index (κ3) is 3.17. The van der Waals surface area contributed by atoms with Crippen LogP contribution in [0.3, 0.4) is 0 Å². The number of H-pyrrole nitrogens is 1. The van der Waals surface area contributed by atoms with Crippen molar-refractivity contribution in [3.8, 4) is 11.5 Å². The maximum absolute atomic E-state index is 12.8. The highest BCUT2D eigenvalue weighted by Gasteiger charge is 2.27. The minimum Gasteiger partial charge on any atom is -0.493 e. The van der Waals surface area contributed by atoms with E-state index in [1.54, 1.807) is 24.1 Å². The second kappa shape index (κ2) is 6.99. The number of hydrogen-bond donors (Lipinski definition) is 1. The summed E-state index contributed by atoms with van der Waals surface area (Å²) in [5.41, 5.74) is 1.44. The van der Waals surface area contributed by atoms with Gasteiger partial charge in [0.05, 0.1) is 13.7 Å². The molecule has 0 unspecified atom stereocenters.